The van der Waals surface area contributed by atoms with Gasteiger partial charge in [0.15, 0.2) is 0 Å². The van der Waals surface area contributed by atoms with Gasteiger partial charge in [-0.15, -0.1) is 0 Å². The second-order valence-corrected chi connectivity index (χ2v) is 6.61. The molecule has 0 bridgehead atoms. The van der Waals surface area contributed by atoms with E-state index in [1.165, 1.54) is 0 Å². The van der Waals surface area contributed by atoms with Gasteiger partial charge in [-0.2, -0.15) is 0 Å². The summed E-state index contributed by atoms with van der Waals surface area (Å²) in [6.45, 7) is 4.38. The molecule has 2 heterocycles. The van der Waals surface area contributed by atoms with Crippen molar-refractivity contribution < 1.29 is 14.3 Å². The number of pyridine rings is 1. The van der Waals surface area contributed by atoms with E-state index in [1.807, 2.05) is 60.4 Å². The maximum atomic E-state index is 13.3. The summed E-state index contributed by atoms with van der Waals surface area (Å²) in [5, 5.41) is 0.892. The lowest BCUT2D eigenvalue weighted by atomic mass is 9.96. The number of amides is 1. The SMILES string of the molecule is COc1ccc(-c2nc3ccccc3c(C(=O)N3CCOCC3)c2C)cc1. The smallest absolute Gasteiger partial charge is 0.255 e. The zero-order valence-corrected chi connectivity index (χ0v) is 15.6. The molecule has 4 rings (SSSR count). The number of para-hydroxylation sites is 1. The van der Waals surface area contributed by atoms with Gasteiger partial charge >= 0.3 is 0 Å². The lowest BCUT2D eigenvalue weighted by Gasteiger charge is -2.28. The molecule has 1 amide bonds. The molecule has 1 saturated heterocycles. The fourth-order valence-electron chi connectivity index (χ4n) is 3.54. The van der Waals surface area contributed by atoms with E-state index < -0.39 is 0 Å². The highest BCUT2D eigenvalue weighted by Crippen LogP contribution is 2.31. The minimum atomic E-state index is 0.0455. The molecule has 0 atom stereocenters. The quantitative estimate of drug-likeness (QED) is 0.713. The number of hydrogen-bond donors (Lipinski definition) is 0. The van der Waals surface area contributed by atoms with Gasteiger partial charge in [0, 0.05) is 24.0 Å². The molecule has 3 aromatic rings. The summed E-state index contributed by atoms with van der Waals surface area (Å²) in [5.74, 6) is 0.839. The zero-order chi connectivity index (χ0) is 18.8. The van der Waals surface area contributed by atoms with Gasteiger partial charge in [-0.25, -0.2) is 4.98 Å². The van der Waals surface area contributed by atoms with Crippen LogP contribution in [0, 0.1) is 6.92 Å². The Hall–Kier alpha value is -2.92. The summed E-state index contributed by atoms with van der Waals surface area (Å²) >= 11 is 0. The number of rotatable bonds is 3. The molecule has 1 aliphatic heterocycles. The molecule has 2 aromatic carbocycles. The fourth-order valence-corrected chi connectivity index (χ4v) is 3.54. The number of methoxy groups -OCH3 is 1. The molecule has 0 radical (unpaired) electrons. The van der Waals surface area contributed by atoms with E-state index in [2.05, 4.69) is 0 Å². The van der Waals surface area contributed by atoms with Crippen LogP contribution in [0.5, 0.6) is 5.75 Å². The molecule has 5 heteroatoms. The zero-order valence-electron chi connectivity index (χ0n) is 15.6. The molecular formula is C22H22N2O3. The third-order valence-electron chi connectivity index (χ3n) is 5.01. The first-order valence-corrected chi connectivity index (χ1v) is 9.10. The normalized spacial score (nSPS) is 14.4. The fraction of sp³-hybridized carbons (Fsp3) is 0.273. The van der Waals surface area contributed by atoms with Gasteiger partial charge < -0.3 is 14.4 Å². The van der Waals surface area contributed by atoms with Crippen LogP contribution < -0.4 is 4.74 Å². The minimum absolute atomic E-state index is 0.0455. The predicted octanol–water partition coefficient (Wildman–Crippen LogP) is 3.69. The van der Waals surface area contributed by atoms with Crippen molar-refractivity contribution in [2.75, 3.05) is 33.4 Å². The van der Waals surface area contributed by atoms with Gasteiger partial charge in [0.2, 0.25) is 0 Å². The molecule has 0 saturated carbocycles. The van der Waals surface area contributed by atoms with Crippen molar-refractivity contribution in [3.8, 4) is 17.0 Å². The van der Waals surface area contributed by atoms with Crippen LogP contribution in [0.1, 0.15) is 15.9 Å². The lowest BCUT2D eigenvalue weighted by molar-refractivity contribution is 0.0303. The van der Waals surface area contributed by atoms with E-state index in [-0.39, 0.29) is 5.91 Å². The number of carbonyl (C=O) groups excluding carboxylic acids is 1. The number of carbonyl (C=O) groups is 1. The monoisotopic (exact) mass is 362 g/mol. The van der Waals surface area contributed by atoms with Crippen molar-refractivity contribution in [3.63, 3.8) is 0 Å². The standard InChI is InChI=1S/C22H22N2O3/c1-15-20(22(25)24-11-13-27-14-12-24)18-5-3-4-6-19(18)23-21(15)16-7-9-17(26-2)10-8-16/h3-10H,11-14H2,1-2H3. The van der Waals surface area contributed by atoms with Crippen LogP contribution >= 0.6 is 0 Å². The van der Waals surface area contributed by atoms with Crippen molar-refractivity contribution in [2.45, 2.75) is 6.92 Å². The number of morpholine rings is 1. The Kier molecular flexibility index (Phi) is 4.77. The van der Waals surface area contributed by atoms with Crippen LogP contribution in [-0.2, 0) is 4.74 Å². The van der Waals surface area contributed by atoms with Gasteiger partial charge in [0.05, 0.1) is 37.1 Å². The molecule has 0 N–H and O–H groups in total. The average molecular weight is 362 g/mol. The molecule has 0 spiro atoms. The first-order chi connectivity index (χ1) is 13.2. The largest absolute Gasteiger partial charge is 0.497 e. The van der Waals surface area contributed by atoms with Crippen LogP contribution in [0.3, 0.4) is 0 Å². The van der Waals surface area contributed by atoms with E-state index in [9.17, 15) is 4.79 Å². The third kappa shape index (κ3) is 3.26. The molecular weight excluding hydrogens is 340 g/mol. The number of hydrogen-bond acceptors (Lipinski definition) is 4. The van der Waals surface area contributed by atoms with Crippen molar-refractivity contribution in [2.24, 2.45) is 0 Å². The minimum Gasteiger partial charge on any atom is -0.497 e. The molecule has 1 fully saturated rings. The maximum absolute atomic E-state index is 13.3. The van der Waals surface area contributed by atoms with Crippen LogP contribution in [-0.4, -0.2) is 49.2 Å². The summed E-state index contributed by atoms with van der Waals surface area (Å²) in [4.78, 5) is 20.1. The predicted molar refractivity (Wildman–Crippen MR) is 105 cm³/mol. The Morgan fingerprint density at radius 2 is 1.78 bits per heavy atom. The molecule has 1 aromatic heterocycles. The molecule has 138 valence electrons. The highest BCUT2D eigenvalue weighted by Gasteiger charge is 2.24. The maximum Gasteiger partial charge on any atom is 0.255 e. The van der Waals surface area contributed by atoms with Gasteiger partial charge in [-0.1, -0.05) is 18.2 Å². The van der Waals surface area contributed by atoms with Crippen LogP contribution in [0.15, 0.2) is 48.5 Å². The Bertz CT molecular complexity index is 977. The Labute approximate surface area is 158 Å². The van der Waals surface area contributed by atoms with Crippen LogP contribution in [0.2, 0.25) is 0 Å². The van der Waals surface area contributed by atoms with Crippen molar-refractivity contribution in [3.05, 3.63) is 59.7 Å². The first-order valence-electron chi connectivity index (χ1n) is 9.10. The summed E-state index contributed by atoms with van der Waals surface area (Å²) in [7, 11) is 1.65. The summed E-state index contributed by atoms with van der Waals surface area (Å²) < 4.78 is 10.7. The summed E-state index contributed by atoms with van der Waals surface area (Å²) in [6, 6.07) is 15.6. The molecule has 27 heavy (non-hydrogen) atoms. The van der Waals surface area contributed by atoms with Crippen LogP contribution in [0.25, 0.3) is 22.2 Å². The van der Waals surface area contributed by atoms with Crippen molar-refractivity contribution in [1.82, 2.24) is 9.88 Å². The number of nitrogens with zero attached hydrogens (tertiary/aromatic N) is 2. The Morgan fingerprint density at radius 1 is 1.07 bits per heavy atom. The van der Waals surface area contributed by atoms with Gasteiger partial charge in [-0.05, 0) is 42.8 Å². The van der Waals surface area contributed by atoms with E-state index in [4.69, 9.17) is 14.5 Å². The second-order valence-electron chi connectivity index (χ2n) is 6.61. The van der Waals surface area contributed by atoms with E-state index in [1.54, 1.807) is 7.11 Å². The van der Waals surface area contributed by atoms with Gasteiger partial charge in [-0.3, -0.25) is 4.79 Å². The van der Waals surface area contributed by atoms with E-state index in [0.717, 1.165) is 39.0 Å². The Morgan fingerprint density at radius 3 is 2.48 bits per heavy atom. The Balaban J connectivity index is 1.88. The van der Waals surface area contributed by atoms with E-state index >= 15 is 0 Å². The number of benzene rings is 2. The van der Waals surface area contributed by atoms with Crippen molar-refractivity contribution in [1.29, 1.82) is 0 Å². The average Bonchev–Trinajstić information content (AvgIpc) is 2.73. The van der Waals surface area contributed by atoms with E-state index in [0.29, 0.717) is 26.3 Å². The highest BCUT2D eigenvalue weighted by atomic mass is 16.5. The molecule has 1 aliphatic rings. The second kappa shape index (κ2) is 7.37. The molecule has 0 unspecified atom stereocenters. The molecule has 0 aliphatic carbocycles. The molecule has 5 nitrogen and oxygen atoms in total. The highest BCUT2D eigenvalue weighted by molar-refractivity contribution is 6.08. The topological polar surface area (TPSA) is 51.7 Å². The summed E-state index contributed by atoms with van der Waals surface area (Å²) in [6.07, 6.45) is 0. The number of fused-ring (bicyclic) bond motifs is 1. The number of aromatic nitrogens is 1. The van der Waals surface area contributed by atoms with Crippen molar-refractivity contribution >= 4 is 16.8 Å². The number of ether oxygens (including phenoxy) is 2. The summed E-state index contributed by atoms with van der Waals surface area (Å²) in [5.41, 5.74) is 4.25. The van der Waals surface area contributed by atoms with Crippen LogP contribution in [0.4, 0.5) is 0 Å². The third-order valence-corrected chi connectivity index (χ3v) is 5.01. The lowest BCUT2D eigenvalue weighted by Crippen LogP contribution is -2.41. The van der Waals surface area contributed by atoms with Gasteiger partial charge in [0.1, 0.15) is 5.75 Å². The van der Waals surface area contributed by atoms with Gasteiger partial charge in [0.25, 0.3) is 5.91 Å². The first kappa shape index (κ1) is 17.5.